The standard InChI is InChI=1S/C20H20N4OS/c1-2-17-16-8-12-26-18(16)7-11-24(17)19(25)14-5-3-6-15(13-14)23-20-21-9-4-10-22-20/h3-6,8-10,12-13,17H,2,7,11H2,1H3,(H,21,22,23). The first-order chi connectivity index (χ1) is 12.8. The molecule has 4 rings (SSSR count). The number of hydrogen-bond donors (Lipinski definition) is 1. The quantitative estimate of drug-likeness (QED) is 0.744. The van der Waals surface area contributed by atoms with E-state index in [0.29, 0.717) is 11.5 Å². The summed E-state index contributed by atoms with van der Waals surface area (Å²) < 4.78 is 0. The van der Waals surface area contributed by atoms with E-state index in [2.05, 4.69) is 33.7 Å². The van der Waals surface area contributed by atoms with Gasteiger partial charge in [0.15, 0.2) is 0 Å². The maximum Gasteiger partial charge on any atom is 0.254 e. The second-order valence-electron chi connectivity index (χ2n) is 6.25. The maximum absolute atomic E-state index is 13.2. The van der Waals surface area contributed by atoms with Crippen LogP contribution in [-0.4, -0.2) is 27.3 Å². The van der Waals surface area contributed by atoms with Crippen molar-refractivity contribution in [3.05, 3.63) is 70.2 Å². The summed E-state index contributed by atoms with van der Waals surface area (Å²) in [7, 11) is 0. The molecule has 5 nitrogen and oxygen atoms in total. The molecular weight excluding hydrogens is 344 g/mol. The third-order valence-corrected chi connectivity index (χ3v) is 5.67. The number of thiophene rings is 1. The van der Waals surface area contributed by atoms with Crippen LogP contribution in [-0.2, 0) is 6.42 Å². The fraction of sp³-hybridized carbons (Fsp3) is 0.250. The van der Waals surface area contributed by atoms with E-state index in [1.165, 1.54) is 10.4 Å². The van der Waals surface area contributed by atoms with Crippen LogP contribution in [0, 0.1) is 0 Å². The fourth-order valence-corrected chi connectivity index (χ4v) is 4.40. The van der Waals surface area contributed by atoms with Crippen LogP contribution in [0.3, 0.4) is 0 Å². The van der Waals surface area contributed by atoms with Gasteiger partial charge in [0.05, 0.1) is 6.04 Å². The zero-order valence-corrected chi connectivity index (χ0v) is 15.4. The minimum absolute atomic E-state index is 0.0753. The molecule has 0 bridgehead atoms. The maximum atomic E-state index is 13.2. The molecule has 1 amide bonds. The molecule has 3 aromatic rings. The Labute approximate surface area is 156 Å². The molecule has 26 heavy (non-hydrogen) atoms. The van der Waals surface area contributed by atoms with Crippen molar-refractivity contribution in [3.63, 3.8) is 0 Å². The van der Waals surface area contributed by atoms with Gasteiger partial charge >= 0.3 is 0 Å². The third-order valence-electron chi connectivity index (χ3n) is 4.67. The molecule has 0 saturated carbocycles. The molecule has 0 radical (unpaired) electrons. The molecule has 1 atom stereocenters. The van der Waals surface area contributed by atoms with E-state index in [4.69, 9.17) is 0 Å². The van der Waals surface area contributed by atoms with Gasteiger partial charge in [0.1, 0.15) is 0 Å². The highest BCUT2D eigenvalue weighted by molar-refractivity contribution is 7.10. The number of amides is 1. The summed E-state index contributed by atoms with van der Waals surface area (Å²) in [5, 5.41) is 5.28. The summed E-state index contributed by atoms with van der Waals surface area (Å²) in [4.78, 5) is 24.9. The molecule has 0 saturated heterocycles. The number of carbonyl (C=O) groups is 1. The van der Waals surface area contributed by atoms with E-state index in [0.717, 1.165) is 25.1 Å². The van der Waals surface area contributed by atoms with Crippen molar-refractivity contribution < 1.29 is 4.79 Å². The molecule has 1 N–H and O–H groups in total. The van der Waals surface area contributed by atoms with Gasteiger partial charge < -0.3 is 10.2 Å². The molecule has 6 heteroatoms. The number of fused-ring (bicyclic) bond motifs is 1. The average Bonchev–Trinajstić information content (AvgIpc) is 3.16. The second kappa shape index (κ2) is 7.25. The summed E-state index contributed by atoms with van der Waals surface area (Å²) >= 11 is 1.80. The lowest BCUT2D eigenvalue weighted by Crippen LogP contribution is -2.39. The molecule has 0 spiro atoms. The SMILES string of the molecule is CCC1c2ccsc2CCN1C(=O)c1cccc(Nc2ncccn2)c1. The number of rotatable bonds is 4. The van der Waals surface area contributed by atoms with Crippen LogP contribution in [0.5, 0.6) is 0 Å². The van der Waals surface area contributed by atoms with Crippen LogP contribution >= 0.6 is 11.3 Å². The van der Waals surface area contributed by atoms with Gasteiger partial charge in [-0.1, -0.05) is 13.0 Å². The molecule has 0 aliphatic carbocycles. The van der Waals surface area contributed by atoms with Gasteiger partial charge in [-0.2, -0.15) is 0 Å². The lowest BCUT2D eigenvalue weighted by atomic mass is 9.97. The summed E-state index contributed by atoms with van der Waals surface area (Å²) in [6, 6.07) is 11.6. The van der Waals surface area contributed by atoms with E-state index >= 15 is 0 Å². The van der Waals surface area contributed by atoms with Crippen LogP contribution in [0.1, 0.15) is 40.2 Å². The summed E-state index contributed by atoms with van der Waals surface area (Å²) in [6.45, 7) is 2.91. The highest BCUT2D eigenvalue weighted by Gasteiger charge is 2.30. The normalized spacial score (nSPS) is 16.2. The van der Waals surface area contributed by atoms with E-state index in [1.54, 1.807) is 29.8 Å². The van der Waals surface area contributed by atoms with Crippen molar-refractivity contribution in [2.45, 2.75) is 25.8 Å². The molecule has 1 aliphatic heterocycles. The smallest absolute Gasteiger partial charge is 0.254 e. The van der Waals surface area contributed by atoms with Crippen LogP contribution in [0.4, 0.5) is 11.6 Å². The molecule has 132 valence electrons. The molecule has 2 aromatic heterocycles. The summed E-state index contributed by atoms with van der Waals surface area (Å²) in [6.07, 6.45) is 5.22. The largest absolute Gasteiger partial charge is 0.331 e. The first kappa shape index (κ1) is 16.7. The Hall–Kier alpha value is -2.73. The van der Waals surface area contributed by atoms with Gasteiger partial charge in [0.25, 0.3) is 5.91 Å². The fourth-order valence-electron chi connectivity index (χ4n) is 3.47. The Morgan fingerprint density at radius 3 is 2.92 bits per heavy atom. The number of benzene rings is 1. The summed E-state index contributed by atoms with van der Waals surface area (Å²) in [5.74, 6) is 0.593. The van der Waals surface area contributed by atoms with Crippen LogP contribution in [0.15, 0.2) is 54.2 Å². The van der Waals surface area contributed by atoms with Gasteiger partial charge in [-0.05, 0) is 54.1 Å². The number of nitrogens with one attached hydrogen (secondary N) is 1. The van der Waals surface area contributed by atoms with Crippen molar-refractivity contribution in [1.29, 1.82) is 0 Å². The van der Waals surface area contributed by atoms with E-state index in [9.17, 15) is 4.79 Å². The van der Waals surface area contributed by atoms with Crippen molar-refractivity contribution >= 4 is 28.9 Å². The minimum Gasteiger partial charge on any atom is -0.331 e. The van der Waals surface area contributed by atoms with E-state index in [1.807, 2.05) is 29.2 Å². The number of nitrogens with zero attached hydrogens (tertiary/aromatic N) is 3. The lowest BCUT2D eigenvalue weighted by Gasteiger charge is -2.35. The first-order valence-electron chi connectivity index (χ1n) is 8.77. The van der Waals surface area contributed by atoms with Crippen LogP contribution < -0.4 is 5.32 Å². The number of aromatic nitrogens is 2. The zero-order chi connectivity index (χ0) is 17.9. The number of carbonyl (C=O) groups excluding carboxylic acids is 1. The van der Waals surface area contributed by atoms with Crippen molar-refractivity contribution in [2.75, 3.05) is 11.9 Å². The predicted molar refractivity (Wildman–Crippen MR) is 104 cm³/mol. The van der Waals surface area contributed by atoms with E-state index < -0.39 is 0 Å². The van der Waals surface area contributed by atoms with E-state index in [-0.39, 0.29) is 11.9 Å². The van der Waals surface area contributed by atoms with Crippen LogP contribution in [0.2, 0.25) is 0 Å². The van der Waals surface area contributed by atoms with Gasteiger partial charge in [0, 0.05) is 35.1 Å². The molecule has 3 heterocycles. The monoisotopic (exact) mass is 364 g/mol. The lowest BCUT2D eigenvalue weighted by molar-refractivity contribution is 0.0657. The Morgan fingerprint density at radius 2 is 2.12 bits per heavy atom. The van der Waals surface area contributed by atoms with Crippen molar-refractivity contribution in [3.8, 4) is 0 Å². The van der Waals surface area contributed by atoms with Gasteiger partial charge in [-0.25, -0.2) is 9.97 Å². The Balaban J connectivity index is 1.58. The Kier molecular flexibility index (Phi) is 4.67. The molecule has 1 unspecified atom stereocenters. The highest BCUT2D eigenvalue weighted by atomic mass is 32.1. The average molecular weight is 364 g/mol. The van der Waals surface area contributed by atoms with Crippen molar-refractivity contribution in [2.24, 2.45) is 0 Å². The molecule has 1 aromatic carbocycles. The minimum atomic E-state index is 0.0753. The van der Waals surface area contributed by atoms with Gasteiger partial charge in [-0.3, -0.25) is 4.79 Å². The second-order valence-corrected chi connectivity index (χ2v) is 7.25. The topological polar surface area (TPSA) is 58.1 Å². The Morgan fingerprint density at radius 1 is 1.27 bits per heavy atom. The molecule has 1 aliphatic rings. The molecule has 0 fully saturated rings. The van der Waals surface area contributed by atoms with Crippen molar-refractivity contribution in [1.82, 2.24) is 14.9 Å². The predicted octanol–water partition coefficient (Wildman–Crippen LogP) is 4.43. The number of hydrogen-bond acceptors (Lipinski definition) is 5. The van der Waals surface area contributed by atoms with Gasteiger partial charge in [-0.15, -0.1) is 11.3 Å². The summed E-state index contributed by atoms with van der Waals surface area (Å²) in [5.41, 5.74) is 2.80. The number of anilines is 2. The first-order valence-corrected chi connectivity index (χ1v) is 9.65. The third kappa shape index (κ3) is 3.20. The molecular formula is C20H20N4OS. The highest BCUT2D eigenvalue weighted by Crippen LogP contribution is 2.36. The van der Waals surface area contributed by atoms with Crippen LogP contribution in [0.25, 0.3) is 0 Å². The van der Waals surface area contributed by atoms with Gasteiger partial charge in [0.2, 0.25) is 5.95 Å². The zero-order valence-electron chi connectivity index (χ0n) is 14.6. The Bertz CT molecular complexity index is 909.